The molecule has 0 aliphatic carbocycles. The summed E-state index contributed by atoms with van der Waals surface area (Å²) in [6.45, 7) is -0.164. The van der Waals surface area contributed by atoms with Gasteiger partial charge >= 0.3 is 6.61 Å². The third-order valence-corrected chi connectivity index (χ3v) is 3.45. The van der Waals surface area contributed by atoms with Crippen molar-refractivity contribution in [2.45, 2.75) is 13.5 Å². The van der Waals surface area contributed by atoms with Crippen LogP contribution in [0.4, 0.5) is 8.78 Å². The SMILES string of the molecule is Cc1ccccc1OCCN(C)C(=O)c1ccc(OC(F)F)cc1. The smallest absolute Gasteiger partial charge is 0.387 e. The lowest BCUT2D eigenvalue weighted by molar-refractivity contribution is -0.0498. The summed E-state index contributed by atoms with van der Waals surface area (Å²) in [5.41, 5.74) is 1.43. The van der Waals surface area contributed by atoms with Crippen molar-refractivity contribution < 1.29 is 23.0 Å². The monoisotopic (exact) mass is 335 g/mol. The molecule has 0 aromatic heterocycles. The Kier molecular flexibility index (Phi) is 6.12. The van der Waals surface area contributed by atoms with Crippen molar-refractivity contribution in [1.29, 1.82) is 0 Å². The van der Waals surface area contributed by atoms with Crippen LogP contribution in [0.15, 0.2) is 48.5 Å². The normalized spacial score (nSPS) is 10.5. The number of amides is 1. The van der Waals surface area contributed by atoms with Gasteiger partial charge in [-0.3, -0.25) is 4.79 Å². The predicted octanol–water partition coefficient (Wildman–Crippen LogP) is 3.75. The lowest BCUT2D eigenvalue weighted by Gasteiger charge is -2.18. The van der Waals surface area contributed by atoms with E-state index in [1.165, 1.54) is 29.2 Å². The molecule has 128 valence electrons. The summed E-state index contributed by atoms with van der Waals surface area (Å²) in [6, 6.07) is 13.2. The zero-order valence-electron chi connectivity index (χ0n) is 13.5. The highest BCUT2D eigenvalue weighted by atomic mass is 19.3. The molecule has 0 radical (unpaired) electrons. The molecule has 4 nitrogen and oxygen atoms in total. The van der Waals surface area contributed by atoms with Gasteiger partial charge in [0.15, 0.2) is 0 Å². The van der Waals surface area contributed by atoms with E-state index in [2.05, 4.69) is 4.74 Å². The summed E-state index contributed by atoms with van der Waals surface area (Å²) >= 11 is 0. The van der Waals surface area contributed by atoms with E-state index < -0.39 is 6.61 Å². The average Bonchev–Trinajstić information content (AvgIpc) is 2.56. The molecule has 6 heteroatoms. The highest BCUT2D eigenvalue weighted by molar-refractivity contribution is 5.94. The molecular formula is C18H19F2NO3. The van der Waals surface area contributed by atoms with E-state index in [0.29, 0.717) is 18.7 Å². The first-order valence-electron chi connectivity index (χ1n) is 7.46. The van der Waals surface area contributed by atoms with Crippen LogP contribution in [-0.4, -0.2) is 37.6 Å². The maximum atomic E-state index is 12.3. The van der Waals surface area contributed by atoms with E-state index in [1.54, 1.807) is 7.05 Å². The van der Waals surface area contributed by atoms with Crippen LogP contribution in [0.5, 0.6) is 11.5 Å². The number of hydrogen-bond donors (Lipinski definition) is 0. The Bertz CT molecular complexity index is 674. The fraction of sp³-hybridized carbons (Fsp3) is 0.278. The van der Waals surface area contributed by atoms with Crippen LogP contribution in [0, 0.1) is 6.92 Å². The Labute approximate surface area is 139 Å². The zero-order valence-corrected chi connectivity index (χ0v) is 13.5. The van der Waals surface area contributed by atoms with Crippen molar-refractivity contribution in [3.05, 3.63) is 59.7 Å². The van der Waals surface area contributed by atoms with E-state index in [4.69, 9.17) is 4.74 Å². The highest BCUT2D eigenvalue weighted by Gasteiger charge is 2.12. The molecular weight excluding hydrogens is 316 g/mol. The van der Waals surface area contributed by atoms with Gasteiger partial charge in [-0.05, 0) is 42.8 Å². The van der Waals surface area contributed by atoms with E-state index >= 15 is 0 Å². The van der Waals surface area contributed by atoms with Crippen LogP contribution in [0.1, 0.15) is 15.9 Å². The van der Waals surface area contributed by atoms with Gasteiger partial charge in [0.25, 0.3) is 5.91 Å². The molecule has 0 N–H and O–H groups in total. The second-order valence-electron chi connectivity index (χ2n) is 5.24. The second-order valence-corrected chi connectivity index (χ2v) is 5.24. The lowest BCUT2D eigenvalue weighted by atomic mass is 10.2. The van der Waals surface area contributed by atoms with Crippen LogP contribution in [-0.2, 0) is 0 Å². The number of likely N-dealkylation sites (N-methyl/N-ethyl adjacent to an activating group) is 1. The Morgan fingerprint density at radius 3 is 2.42 bits per heavy atom. The number of nitrogens with zero attached hydrogens (tertiary/aromatic N) is 1. The van der Waals surface area contributed by atoms with Crippen LogP contribution in [0.25, 0.3) is 0 Å². The fourth-order valence-corrected chi connectivity index (χ4v) is 2.11. The minimum Gasteiger partial charge on any atom is -0.491 e. The number of hydrogen-bond acceptors (Lipinski definition) is 3. The number of alkyl halides is 2. The molecule has 2 rings (SSSR count). The molecule has 0 heterocycles. The largest absolute Gasteiger partial charge is 0.491 e. The Balaban J connectivity index is 1.86. The van der Waals surface area contributed by atoms with Crippen LogP contribution in [0.3, 0.4) is 0 Å². The number of carbonyl (C=O) groups excluding carboxylic acids is 1. The first kappa shape index (κ1) is 17.7. The topological polar surface area (TPSA) is 38.8 Å². The Morgan fingerprint density at radius 1 is 1.12 bits per heavy atom. The van der Waals surface area contributed by atoms with Gasteiger partial charge < -0.3 is 14.4 Å². The van der Waals surface area contributed by atoms with E-state index in [1.807, 2.05) is 31.2 Å². The van der Waals surface area contributed by atoms with E-state index in [-0.39, 0.29) is 11.7 Å². The predicted molar refractivity (Wildman–Crippen MR) is 86.7 cm³/mol. The average molecular weight is 335 g/mol. The van der Waals surface area contributed by atoms with Gasteiger partial charge in [0, 0.05) is 12.6 Å². The van der Waals surface area contributed by atoms with Gasteiger partial charge in [0.1, 0.15) is 18.1 Å². The minimum atomic E-state index is -2.88. The number of rotatable bonds is 7. The molecule has 0 saturated carbocycles. The van der Waals surface area contributed by atoms with Gasteiger partial charge in [-0.1, -0.05) is 18.2 Å². The van der Waals surface area contributed by atoms with Crippen molar-refractivity contribution in [3.8, 4) is 11.5 Å². The second kappa shape index (κ2) is 8.29. The quantitative estimate of drug-likeness (QED) is 0.773. The third kappa shape index (κ3) is 4.94. The number of carbonyl (C=O) groups is 1. The Hall–Kier alpha value is -2.63. The molecule has 0 atom stereocenters. The maximum absolute atomic E-state index is 12.3. The summed E-state index contributed by atoms with van der Waals surface area (Å²) in [5.74, 6) is 0.589. The van der Waals surface area contributed by atoms with Gasteiger partial charge in [0.05, 0.1) is 6.54 Å². The van der Waals surface area contributed by atoms with Crippen molar-refractivity contribution >= 4 is 5.91 Å². The molecule has 24 heavy (non-hydrogen) atoms. The number of ether oxygens (including phenoxy) is 2. The molecule has 0 fully saturated rings. The molecule has 0 aliphatic heterocycles. The van der Waals surface area contributed by atoms with Gasteiger partial charge in [-0.15, -0.1) is 0 Å². The minimum absolute atomic E-state index is 0.0205. The van der Waals surface area contributed by atoms with Gasteiger partial charge in [-0.2, -0.15) is 8.78 Å². The molecule has 2 aromatic rings. The van der Waals surface area contributed by atoms with Crippen molar-refractivity contribution in [2.75, 3.05) is 20.2 Å². The molecule has 2 aromatic carbocycles. The summed E-state index contributed by atoms with van der Waals surface area (Å²) in [5, 5.41) is 0. The fourth-order valence-electron chi connectivity index (χ4n) is 2.11. The lowest BCUT2D eigenvalue weighted by Crippen LogP contribution is -2.30. The van der Waals surface area contributed by atoms with Crippen molar-refractivity contribution in [1.82, 2.24) is 4.90 Å². The first-order valence-corrected chi connectivity index (χ1v) is 7.46. The van der Waals surface area contributed by atoms with Crippen LogP contribution < -0.4 is 9.47 Å². The van der Waals surface area contributed by atoms with Gasteiger partial charge in [0.2, 0.25) is 0 Å². The van der Waals surface area contributed by atoms with Crippen LogP contribution in [0.2, 0.25) is 0 Å². The van der Waals surface area contributed by atoms with Gasteiger partial charge in [-0.25, -0.2) is 0 Å². The standard InChI is InChI=1S/C18H19F2NO3/c1-13-5-3-4-6-16(13)23-12-11-21(2)17(22)14-7-9-15(10-8-14)24-18(19)20/h3-10,18H,11-12H2,1-2H3. The Morgan fingerprint density at radius 2 is 1.79 bits per heavy atom. The molecule has 0 spiro atoms. The summed E-state index contributed by atoms with van der Waals surface area (Å²) in [7, 11) is 1.66. The van der Waals surface area contributed by atoms with Crippen LogP contribution >= 0.6 is 0 Å². The zero-order chi connectivity index (χ0) is 17.5. The van der Waals surface area contributed by atoms with E-state index in [9.17, 15) is 13.6 Å². The molecule has 0 saturated heterocycles. The number of benzene rings is 2. The van der Waals surface area contributed by atoms with Crippen molar-refractivity contribution in [2.24, 2.45) is 0 Å². The molecule has 1 amide bonds. The van der Waals surface area contributed by atoms with E-state index in [0.717, 1.165) is 11.3 Å². The summed E-state index contributed by atoms with van der Waals surface area (Å²) < 4.78 is 34.1. The number of para-hydroxylation sites is 1. The highest BCUT2D eigenvalue weighted by Crippen LogP contribution is 2.17. The first-order chi connectivity index (χ1) is 11.5. The maximum Gasteiger partial charge on any atom is 0.387 e. The molecule has 0 aliphatic rings. The number of aryl methyl sites for hydroxylation is 1. The van der Waals surface area contributed by atoms with Crippen molar-refractivity contribution in [3.63, 3.8) is 0 Å². The molecule has 0 unspecified atom stereocenters. The number of halogens is 2. The third-order valence-electron chi connectivity index (χ3n) is 3.45. The molecule has 0 bridgehead atoms. The summed E-state index contributed by atoms with van der Waals surface area (Å²) in [4.78, 5) is 13.8. The summed E-state index contributed by atoms with van der Waals surface area (Å²) in [6.07, 6.45) is 0.